The van der Waals surface area contributed by atoms with Crippen LogP contribution >= 0.6 is 27.3 Å². The second kappa shape index (κ2) is 5.80. The summed E-state index contributed by atoms with van der Waals surface area (Å²) in [4.78, 5) is 1.31. The van der Waals surface area contributed by atoms with E-state index in [4.69, 9.17) is 0 Å². The molecular weight excluding hydrogens is 298 g/mol. The quantitative estimate of drug-likeness (QED) is 0.916. The van der Waals surface area contributed by atoms with Crippen molar-refractivity contribution in [3.63, 3.8) is 0 Å². The van der Waals surface area contributed by atoms with Crippen molar-refractivity contribution in [3.8, 4) is 0 Å². The number of aromatic nitrogens is 2. The van der Waals surface area contributed by atoms with Crippen LogP contribution in [0, 0.1) is 0 Å². The molecule has 0 fully saturated rings. The molecule has 0 saturated carbocycles. The summed E-state index contributed by atoms with van der Waals surface area (Å²) < 4.78 is 3.13. The van der Waals surface area contributed by atoms with Crippen molar-refractivity contribution < 1.29 is 0 Å². The highest BCUT2D eigenvalue weighted by molar-refractivity contribution is 9.11. The van der Waals surface area contributed by atoms with E-state index in [0.29, 0.717) is 0 Å². The van der Waals surface area contributed by atoms with Gasteiger partial charge in [0.25, 0.3) is 0 Å². The highest BCUT2D eigenvalue weighted by Gasteiger charge is 2.16. The van der Waals surface area contributed by atoms with Gasteiger partial charge in [-0.05, 0) is 41.5 Å². The van der Waals surface area contributed by atoms with Gasteiger partial charge in [0.15, 0.2) is 0 Å². The smallest absolute Gasteiger partial charge is 0.0702 e. The first-order valence-corrected chi connectivity index (χ1v) is 7.36. The number of nitrogens with zero attached hydrogens (tertiary/aromatic N) is 2. The average molecular weight is 314 g/mol. The van der Waals surface area contributed by atoms with Crippen molar-refractivity contribution in [2.45, 2.75) is 26.4 Å². The van der Waals surface area contributed by atoms with E-state index in [1.54, 1.807) is 11.3 Å². The molecule has 0 bridgehead atoms. The number of aryl methyl sites for hydroxylation is 1. The van der Waals surface area contributed by atoms with Gasteiger partial charge in [0, 0.05) is 23.2 Å². The Morgan fingerprint density at radius 2 is 2.29 bits per heavy atom. The Hall–Kier alpha value is -0.650. The molecule has 92 valence electrons. The Labute approximate surface area is 114 Å². The lowest BCUT2D eigenvalue weighted by Gasteiger charge is -2.14. The van der Waals surface area contributed by atoms with Crippen LogP contribution in [0.3, 0.4) is 0 Å². The van der Waals surface area contributed by atoms with E-state index in [0.717, 1.165) is 13.1 Å². The summed E-state index contributed by atoms with van der Waals surface area (Å²) in [6.07, 6.45) is 4.06. The summed E-state index contributed by atoms with van der Waals surface area (Å²) in [6, 6.07) is 4.50. The summed E-state index contributed by atoms with van der Waals surface area (Å²) in [5.41, 5.74) is 1.23. The Balaban J connectivity index is 2.28. The fourth-order valence-corrected chi connectivity index (χ4v) is 3.30. The first-order chi connectivity index (χ1) is 8.24. The van der Waals surface area contributed by atoms with Gasteiger partial charge in [0.05, 0.1) is 16.0 Å². The molecule has 0 spiro atoms. The SMILES string of the molecule is CCNC(c1cnn(CC)c1)c1ccc(Br)s1. The number of hydrogen-bond acceptors (Lipinski definition) is 3. The van der Waals surface area contributed by atoms with Crippen molar-refractivity contribution in [2.24, 2.45) is 0 Å². The van der Waals surface area contributed by atoms with E-state index in [9.17, 15) is 0 Å². The zero-order chi connectivity index (χ0) is 12.3. The zero-order valence-electron chi connectivity index (χ0n) is 9.98. The van der Waals surface area contributed by atoms with E-state index in [1.807, 2.05) is 10.9 Å². The topological polar surface area (TPSA) is 29.9 Å². The summed E-state index contributed by atoms with van der Waals surface area (Å²) in [5.74, 6) is 0. The van der Waals surface area contributed by atoms with Crippen molar-refractivity contribution in [3.05, 3.63) is 38.8 Å². The van der Waals surface area contributed by atoms with Gasteiger partial charge in [-0.25, -0.2) is 0 Å². The second-order valence-electron chi connectivity index (χ2n) is 3.76. The molecule has 2 rings (SSSR count). The molecule has 2 aromatic heterocycles. The minimum atomic E-state index is 0.247. The number of hydrogen-bond donors (Lipinski definition) is 1. The fraction of sp³-hybridized carbons (Fsp3) is 0.417. The number of thiophene rings is 1. The number of nitrogens with one attached hydrogen (secondary N) is 1. The lowest BCUT2D eigenvalue weighted by molar-refractivity contribution is 0.632. The molecule has 2 aromatic rings. The van der Waals surface area contributed by atoms with Crippen molar-refractivity contribution in [2.75, 3.05) is 6.54 Å². The maximum absolute atomic E-state index is 4.34. The minimum Gasteiger partial charge on any atom is -0.306 e. The largest absolute Gasteiger partial charge is 0.306 e. The molecule has 1 unspecified atom stereocenters. The monoisotopic (exact) mass is 313 g/mol. The van der Waals surface area contributed by atoms with Gasteiger partial charge in [0.2, 0.25) is 0 Å². The van der Waals surface area contributed by atoms with Crippen LogP contribution in [0.5, 0.6) is 0 Å². The van der Waals surface area contributed by atoms with E-state index < -0.39 is 0 Å². The molecule has 0 amide bonds. The van der Waals surface area contributed by atoms with Gasteiger partial charge < -0.3 is 5.32 Å². The molecule has 1 atom stereocenters. The van der Waals surface area contributed by atoms with E-state index in [-0.39, 0.29) is 6.04 Å². The van der Waals surface area contributed by atoms with Gasteiger partial charge in [-0.2, -0.15) is 5.10 Å². The Morgan fingerprint density at radius 1 is 1.47 bits per heavy atom. The zero-order valence-corrected chi connectivity index (χ0v) is 12.4. The molecule has 0 aliphatic carbocycles. The van der Waals surface area contributed by atoms with Crippen molar-refractivity contribution in [1.82, 2.24) is 15.1 Å². The molecule has 0 radical (unpaired) electrons. The highest BCUT2D eigenvalue weighted by atomic mass is 79.9. The lowest BCUT2D eigenvalue weighted by Crippen LogP contribution is -2.20. The van der Waals surface area contributed by atoms with Crippen molar-refractivity contribution in [1.29, 1.82) is 0 Å². The van der Waals surface area contributed by atoms with Gasteiger partial charge in [0.1, 0.15) is 0 Å². The van der Waals surface area contributed by atoms with Gasteiger partial charge in [-0.1, -0.05) is 6.92 Å². The summed E-state index contributed by atoms with van der Waals surface area (Å²) in [7, 11) is 0. The maximum atomic E-state index is 4.34. The summed E-state index contributed by atoms with van der Waals surface area (Å²) in [5, 5.41) is 7.84. The van der Waals surface area contributed by atoms with Crippen LogP contribution < -0.4 is 5.32 Å². The molecule has 0 aliphatic heterocycles. The summed E-state index contributed by atoms with van der Waals surface area (Å²) >= 11 is 5.28. The Bertz CT molecular complexity index is 478. The molecule has 2 heterocycles. The molecule has 3 nitrogen and oxygen atoms in total. The van der Waals surface area contributed by atoms with Crippen LogP contribution in [-0.2, 0) is 6.54 Å². The van der Waals surface area contributed by atoms with Crippen molar-refractivity contribution >= 4 is 27.3 Å². The van der Waals surface area contributed by atoms with Gasteiger partial charge >= 0.3 is 0 Å². The second-order valence-corrected chi connectivity index (χ2v) is 6.26. The number of halogens is 1. The molecular formula is C12H16BrN3S. The van der Waals surface area contributed by atoms with Gasteiger partial charge in [-0.3, -0.25) is 4.68 Å². The Kier molecular flexibility index (Phi) is 4.36. The van der Waals surface area contributed by atoms with E-state index >= 15 is 0 Å². The van der Waals surface area contributed by atoms with E-state index in [1.165, 1.54) is 14.2 Å². The van der Waals surface area contributed by atoms with Crippen LogP contribution in [-0.4, -0.2) is 16.3 Å². The molecule has 0 aliphatic rings. The fourth-order valence-electron chi connectivity index (χ4n) is 1.77. The molecule has 1 N–H and O–H groups in total. The first-order valence-electron chi connectivity index (χ1n) is 5.75. The predicted octanol–water partition coefficient (Wildman–Crippen LogP) is 3.43. The lowest BCUT2D eigenvalue weighted by atomic mass is 10.1. The average Bonchev–Trinajstić information content (AvgIpc) is 2.94. The Morgan fingerprint density at radius 3 is 2.82 bits per heavy atom. The summed E-state index contributed by atoms with van der Waals surface area (Å²) in [6.45, 7) is 6.07. The predicted molar refractivity (Wildman–Crippen MR) is 75.4 cm³/mol. The third-order valence-corrected chi connectivity index (χ3v) is 4.29. The third-order valence-electron chi connectivity index (χ3n) is 2.60. The molecule has 17 heavy (non-hydrogen) atoms. The van der Waals surface area contributed by atoms with Gasteiger partial charge in [-0.15, -0.1) is 11.3 Å². The number of rotatable bonds is 5. The highest BCUT2D eigenvalue weighted by Crippen LogP contribution is 2.31. The maximum Gasteiger partial charge on any atom is 0.0702 e. The van der Waals surface area contributed by atoms with Crippen LogP contribution in [0.25, 0.3) is 0 Å². The van der Waals surface area contributed by atoms with E-state index in [2.05, 4.69) is 58.5 Å². The molecule has 5 heteroatoms. The molecule has 0 saturated heterocycles. The standard InChI is InChI=1S/C12H16BrN3S/c1-3-14-12(10-5-6-11(13)17-10)9-7-15-16(4-2)8-9/h5-8,12,14H,3-4H2,1-2H3. The van der Waals surface area contributed by atoms with Crippen LogP contribution in [0.1, 0.15) is 30.3 Å². The normalized spacial score (nSPS) is 12.9. The third kappa shape index (κ3) is 2.97. The van der Waals surface area contributed by atoms with Crippen LogP contribution in [0.2, 0.25) is 0 Å². The van der Waals surface area contributed by atoms with Crippen LogP contribution in [0.4, 0.5) is 0 Å². The molecule has 0 aromatic carbocycles. The van der Waals surface area contributed by atoms with Crippen LogP contribution in [0.15, 0.2) is 28.3 Å². The minimum absolute atomic E-state index is 0.247. The first kappa shape index (κ1) is 12.8.